The molecule has 0 saturated heterocycles. The zero-order chi connectivity index (χ0) is 19.4. The van der Waals surface area contributed by atoms with Crippen LogP contribution in [0.4, 0.5) is 5.69 Å². The Bertz CT molecular complexity index is 957. The molecule has 0 bridgehead atoms. The highest BCUT2D eigenvalue weighted by atomic mass is 32.2. The Kier molecular flexibility index (Phi) is 5.91. The Morgan fingerprint density at radius 3 is 2.48 bits per heavy atom. The maximum Gasteiger partial charge on any atom is 0.237 e. The molecule has 0 aliphatic rings. The van der Waals surface area contributed by atoms with Gasteiger partial charge >= 0.3 is 0 Å². The highest BCUT2D eigenvalue weighted by Gasteiger charge is 2.18. The number of hydrogen-bond acceptors (Lipinski definition) is 4. The average molecular weight is 378 g/mol. The number of thioether (sulfide) groups is 1. The molecular formula is C22H23N3OS. The van der Waals surface area contributed by atoms with Crippen molar-refractivity contribution in [3.8, 4) is 11.3 Å². The standard InChI is InChI=1S/C22H23N3OS/c1-14-10-11-15(2)19(12-14)24-21(26)17(4)27-22-23-16(3)13-20(25-22)18-8-6-5-7-9-18/h5-13,17H,1-4H3,(H,24,26)/t17-/m1/s1. The molecule has 1 aromatic heterocycles. The number of rotatable bonds is 5. The largest absolute Gasteiger partial charge is 0.325 e. The topological polar surface area (TPSA) is 54.9 Å². The minimum absolute atomic E-state index is 0.0555. The van der Waals surface area contributed by atoms with E-state index in [1.807, 2.05) is 82.3 Å². The number of hydrogen-bond donors (Lipinski definition) is 1. The summed E-state index contributed by atoms with van der Waals surface area (Å²) in [5, 5.41) is 3.32. The fourth-order valence-corrected chi connectivity index (χ4v) is 3.50. The summed E-state index contributed by atoms with van der Waals surface area (Å²) in [7, 11) is 0. The van der Waals surface area contributed by atoms with E-state index >= 15 is 0 Å². The molecule has 1 N–H and O–H groups in total. The molecule has 1 atom stereocenters. The van der Waals surface area contributed by atoms with E-state index in [1.54, 1.807) is 0 Å². The number of carbonyl (C=O) groups excluding carboxylic acids is 1. The number of benzene rings is 2. The van der Waals surface area contributed by atoms with Crippen LogP contribution in [0.1, 0.15) is 23.7 Å². The van der Waals surface area contributed by atoms with Gasteiger partial charge in [-0.1, -0.05) is 54.2 Å². The van der Waals surface area contributed by atoms with Crippen molar-refractivity contribution in [2.75, 3.05) is 5.32 Å². The Morgan fingerprint density at radius 2 is 1.74 bits per heavy atom. The summed E-state index contributed by atoms with van der Waals surface area (Å²) in [6.07, 6.45) is 0. The van der Waals surface area contributed by atoms with Crippen LogP contribution in [0.25, 0.3) is 11.3 Å². The quantitative estimate of drug-likeness (QED) is 0.491. The lowest BCUT2D eigenvalue weighted by molar-refractivity contribution is -0.115. The van der Waals surface area contributed by atoms with Crippen molar-refractivity contribution < 1.29 is 4.79 Å². The first kappa shape index (κ1) is 19.1. The molecule has 27 heavy (non-hydrogen) atoms. The van der Waals surface area contributed by atoms with E-state index in [1.165, 1.54) is 11.8 Å². The second-order valence-electron chi connectivity index (χ2n) is 6.61. The van der Waals surface area contributed by atoms with Gasteiger partial charge in [0.05, 0.1) is 10.9 Å². The van der Waals surface area contributed by atoms with Crippen molar-refractivity contribution in [1.82, 2.24) is 9.97 Å². The Balaban J connectivity index is 1.75. The lowest BCUT2D eigenvalue weighted by atomic mass is 10.1. The monoisotopic (exact) mass is 377 g/mol. The number of carbonyl (C=O) groups is 1. The molecule has 5 heteroatoms. The van der Waals surface area contributed by atoms with Crippen LogP contribution in [0.2, 0.25) is 0 Å². The molecule has 0 aliphatic heterocycles. The van der Waals surface area contributed by atoms with E-state index in [0.29, 0.717) is 5.16 Å². The van der Waals surface area contributed by atoms with Crippen LogP contribution in [-0.2, 0) is 4.79 Å². The minimum atomic E-state index is -0.310. The van der Waals surface area contributed by atoms with Crippen molar-refractivity contribution in [3.05, 3.63) is 71.4 Å². The van der Waals surface area contributed by atoms with Gasteiger partial charge in [0.2, 0.25) is 5.91 Å². The average Bonchev–Trinajstić information content (AvgIpc) is 2.65. The van der Waals surface area contributed by atoms with Gasteiger partial charge in [-0.25, -0.2) is 9.97 Å². The molecule has 0 aliphatic carbocycles. The summed E-state index contributed by atoms with van der Waals surface area (Å²) in [4.78, 5) is 21.8. The second-order valence-corrected chi connectivity index (χ2v) is 7.92. The molecule has 0 radical (unpaired) electrons. The van der Waals surface area contributed by atoms with Crippen molar-refractivity contribution in [1.29, 1.82) is 0 Å². The number of aromatic nitrogens is 2. The van der Waals surface area contributed by atoms with E-state index < -0.39 is 0 Å². The first-order valence-corrected chi connectivity index (χ1v) is 9.76. The van der Waals surface area contributed by atoms with Gasteiger partial charge in [-0.2, -0.15) is 0 Å². The normalized spacial score (nSPS) is 11.9. The van der Waals surface area contributed by atoms with E-state index in [-0.39, 0.29) is 11.2 Å². The van der Waals surface area contributed by atoms with Gasteiger partial charge in [0.15, 0.2) is 5.16 Å². The summed E-state index contributed by atoms with van der Waals surface area (Å²) in [5.41, 5.74) is 5.80. The van der Waals surface area contributed by atoms with E-state index in [2.05, 4.69) is 15.3 Å². The van der Waals surface area contributed by atoms with E-state index in [0.717, 1.165) is 33.8 Å². The van der Waals surface area contributed by atoms with Crippen LogP contribution in [0, 0.1) is 20.8 Å². The summed E-state index contributed by atoms with van der Waals surface area (Å²) in [6.45, 7) is 7.82. The molecule has 1 amide bonds. The van der Waals surface area contributed by atoms with Gasteiger partial charge < -0.3 is 5.32 Å². The van der Waals surface area contributed by atoms with Gasteiger partial charge in [0.1, 0.15) is 0 Å². The molecule has 1 heterocycles. The van der Waals surface area contributed by atoms with Gasteiger partial charge in [-0.3, -0.25) is 4.79 Å². The number of aryl methyl sites for hydroxylation is 3. The van der Waals surface area contributed by atoms with Gasteiger partial charge in [-0.05, 0) is 51.0 Å². The third-order valence-electron chi connectivity index (χ3n) is 4.21. The Morgan fingerprint density at radius 1 is 1.00 bits per heavy atom. The Labute approximate surface area is 164 Å². The maximum atomic E-state index is 12.6. The third-order valence-corrected chi connectivity index (χ3v) is 5.17. The zero-order valence-corrected chi connectivity index (χ0v) is 16.8. The van der Waals surface area contributed by atoms with Crippen LogP contribution in [-0.4, -0.2) is 21.1 Å². The number of nitrogens with one attached hydrogen (secondary N) is 1. The lowest BCUT2D eigenvalue weighted by Crippen LogP contribution is -2.23. The molecule has 3 aromatic rings. The van der Waals surface area contributed by atoms with E-state index in [9.17, 15) is 4.79 Å². The fourth-order valence-electron chi connectivity index (χ4n) is 2.67. The van der Waals surface area contributed by atoms with Gasteiger partial charge in [0.25, 0.3) is 0 Å². The molecule has 0 saturated carbocycles. The zero-order valence-electron chi connectivity index (χ0n) is 16.0. The second kappa shape index (κ2) is 8.35. The summed E-state index contributed by atoms with van der Waals surface area (Å²) in [6, 6.07) is 18.0. The van der Waals surface area contributed by atoms with Crippen LogP contribution in [0.15, 0.2) is 59.8 Å². The SMILES string of the molecule is Cc1ccc(C)c(NC(=O)[C@@H](C)Sc2nc(C)cc(-c3ccccc3)n2)c1. The molecule has 3 rings (SSSR count). The summed E-state index contributed by atoms with van der Waals surface area (Å²) >= 11 is 1.37. The van der Waals surface area contributed by atoms with Crippen LogP contribution >= 0.6 is 11.8 Å². The van der Waals surface area contributed by atoms with Crippen molar-refractivity contribution in [3.63, 3.8) is 0 Å². The Hall–Kier alpha value is -2.66. The van der Waals surface area contributed by atoms with Gasteiger partial charge in [0, 0.05) is 16.9 Å². The molecule has 0 unspecified atom stereocenters. The molecule has 4 nitrogen and oxygen atoms in total. The fraction of sp³-hybridized carbons (Fsp3) is 0.227. The first-order chi connectivity index (χ1) is 12.9. The van der Waals surface area contributed by atoms with E-state index in [4.69, 9.17) is 0 Å². The molecule has 0 fully saturated rings. The summed E-state index contributed by atoms with van der Waals surface area (Å²) < 4.78 is 0. The minimum Gasteiger partial charge on any atom is -0.325 e. The van der Waals surface area contributed by atoms with Gasteiger partial charge in [-0.15, -0.1) is 0 Å². The van der Waals surface area contributed by atoms with Crippen molar-refractivity contribution in [2.24, 2.45) is 0 Å². The molecule has 138 valence electrons. The van der Waals surface area contributed by atoms with Crippen molar-refractivity contribution in [2.45, 2.75) is 38.1 Å². The maximum absolute atomic E-state index is 12.6. The smallest absolute Gasteiger partial charge is 0.237 e. The highest BCUT2D eigenvalue weighted by Crippen LogP contribution is 2.25. The first-order valence-electron chi connectivity index (χ1n) is 8.88. The molecule has 0 spiro atoms. The lowest BCUT2D eigenvalue weighted by Gasteiger charge is -2.14. The molecular weight excluding hydrogens is 354 g/mol. The molecule has 2 aromatic carbocycles. The number of nitrogens with zero attached hydrogens (tertiary/aromatic N) is 2. The third kappa shape index (κ3) is 4.95. The van der Waals surface area contributed by atoms with Crippen molar-refractivity contribution >= 4 is 23.4 Å². The van der Waals surface area contributed by atoms with Crippen LogP contribution in [0.3, 0.4) is 0 Å². The van der Waals surface area contributed by atoms with Crippen LogP contribution < -0.4 is 5.32 Å². The summed E-state index contributed by atoms with van der Waals surface area (Å²) in [5.74, 6) is -0.0555. The predicted molar refractivity (Wildman–Crippen MR) is 112 cm³/mol. The number of anilines is 1. The highest BCUT2D eigenvalue weighted by molar-refractivity contribution is 8.00. The van der Waals surface area contributed by atoms with Crippen LogP contribution in [0.5, 0.6) is 0 Å². The predicted octanol–water partition coefficient (Wildman–Crippen LogP) is 5.19. The number of amides is 1.